The second-order valence-electron chi connectivity index (χ2n) is 5.17. The van der Waals surface area contributed by atoms with Crippen molar-refractivity contribution in [2.75, 3.05) is 19.5 Å². The van der Waals surface area contributed by atoms with Gasteiger partial charge in [-0.3, -0.25) is 9.89 Å². The van der Waals surface area contributed by atoms with E-state index in [9.17, 15) is 9.18 Å². The maximum absolute atomic E-state index is 13.3. The van der Waals surface area contributed by atoms with Crippen LogP contribution in [0.3, 0.4) is 0 Å². The van der Waals surface area contributed by atoms with E-state index in [0.717, 1.165) is 0 Å². The van der Waals surface area contributed by atoms with Crippen molar-refractivity contribution in [1.82, 2.24) is 10.2 Å². The Kier molecular flexibility index (Phi) is 4.65. The number of carbonyl (C=O) groups is 1. The molecule has 25 heavy (non-hydrogen) atoms. The van der Waals surface area contributed by atoms with Crippen LogP contribution in [-0.4, -0.2) is 30.3 Å². The Balaban J connectivity index is 1.85. The zero-order chi connectivity index (χ0) is 17.8. The number of benzene rings is 2. The molecule has 0 aliphatic carbocycles. The molecule has 0 saturated carbocycles. The van der Waals surface area contributed by atoms with Gasteiger partial charge in [-0.05, 0) is 24.3 Å². The van der Waals surface area contributed by atoms with Gasteiger partial charge in [-0.2, -0.15) is 5.10 Å². The third-order valence-corrected chi connectivity index (χ3v) is 3.61. The number of ether oxygens (including phenoxy) is 2. The van der Waals surface area contributed by atoms with Gasteiger partial charge in [0.05, 0.1) is 19.9 Å². The summed E-state index contributed by atoms with van der Waals surface area (Å²) in [5.74, 6) is 0.302. The lowest BCUT2D eigenvalue weighted by molar-refractivity contribution is 0.102. The van der Waals surface area contributed by atoms with Crippen molar-refractivity contribution in [3.8, 4) is 22.8 Å². The highest BCUT2D eigenvalue weighted by Crippen LogP contribution is 2.29. The lowest BCUT2D eigenvalue weighted by atomic mass is 10.1. The molecule has 7 heteroatoms. The minimum Gasteiger partial charge on any atom is -0.496 e. The van der Waals surface area contributed by atoms with E-state index in [1.807, 2.05) is 0 Å². The Bertz CT molecular complexity index is 886. The van der Waals surface area contributed by atoms with Crippen LogP contribution in [0.25, 0.3) is 11.3 Å². The first-order valence-electron chi connectivity index (χ1n) is 7.46. The maximum Gasteiger partial charge on any atom is 0.264 e. The molecule has 3 rings (SSSR count). The third kappa shape index (κ3) is 3.45. The molecule has 6 nitrogen and oxygen atoms in total. The topological polar surface area (TPSA) is 76.2 Å². The van der Waals surface area contributed by atoms with Gasteiger partial charge in [0.15, 0.2) is 5.82 Å². The average Bonchev–Trinajstić information content (AvgIpc) is 3.09. The number of H-pyrrole nitrogens is 1. The molecule has 1 amide bonds. The standard InChI is InChI=1S/C18H16FN3O3/c1-24-14-7-4-8-15(25-2)17(14)18(23)20-16-10-13(21-22-16)11-5-3-6-12(19)9-11/h3-10H,1-2H3,(H2,20,21,22,23). The van der Waals surface area contributed by atoms with Gasteiger partial charge in [-0.1, -0.05) is 18.2 Å². The highest BCUT2D eigenvalue weighted by Gasteiger charge is 2.19. The van der Waals surface area contributed by atoms with Crippen LogP contribution in [0.5, 0.6) is 11.5 Å². The van der Waals surface area contributed by atoms with E-state index in [1.54, 1.807) is 36.4 Å². The number of hydrogen-bond donors (Lipinski definition) is 2. The number of aromatic amines is 1. The smallest absolute Gasteiger partial charge is 0.264 e. The first-order valence-corrected chi connectivity index (χ1v) is 7.46. The zero-order valence-electron chi connectivity index (χ0n) is 13.7. The summed E-state index contributed by atoms with van der Waals surface area (Å²) in [6.45, 7) is 0. The number of anilines is 1. The van der Waals surface area contributed by atoms with Crippen LogP contribution in [0.15, 0.2) is 48.5 Å². The van der Waals surface area contributed by atoms with Crippen molar-refractivity contribution in [1.29, 1.82) is 0 Å². The van der Waals surface area contributed by atoms with Crippen molar-refractivity contribution in [3.05, 3.63) is 59.9 Å². The Labute approximate surface area is 143 Å². The second kappa shape index (κ2) is 7.04. The Morgan fingerprint density at radius 2 is 1.76 bits per heavy atom. The van der Waals surface area contributed by atoms with Gasteiger partial charge in [-0.25, -0.2) is 4.39 Å². The van der Waals surface area contributed by atoms with Gasteiger partial charge >= 0.3 is 0 Å². The monoisotopic (exact) mass is 341 g/mol. The molecule has 2 N–H and O–H groups in total. The van der Waals surface area contributed by atoms with Crippen molar-refractivity contribution in [3.63, 3.8) is 0 Å². The fourth-order valence-corrected chi connectivity index (χ4v) is 2.44. The van der Waals surface area contributed by atoms with Crippen LogP contribution in [-0.2, 0) is 0 Å². The lowest BCUT2D eigenvalue weighted by Gasteiger charge is -2.11. The van der Waals surface area contributed by atoms with E-state index in [-0.39, 0.29) is 11.4 Å². The number of aromatic nitrogens is 2. The summed E-state index contributed by atoms with van der Waals surface area (Å²) in [4.78, 5) is 12.6. The SMILES string of the molecule is COc1cccc(OC)c1C(=O)Nc1cc(-c2cccc(F)c2)[nH]n1. The summed E-state index contributed by atoms with van der Waals surface area (Å²) in [7, 11) is 2.95. The molecule has 0 fully saturated rings. The number of methoxy groups -OCH3 is 2. The molecule has 1 aromatic heterocycles. The minimum absolute atomic E-state index is 0.266. The van der Waals surface area contributed by atoms with Crippen LogP contribution in [0.4, 0.5) is 10.2 Å². The maximum atomic E-state index is 13.3. The van der Waals surface area contributed by atoms with E-state index in [4.69, 9.17) is 9.47 Å². The molecule has 0 unspecified atom stereocenters. The predicted molar refractivity (Wildman–Crippen MR) is 91.5 cm³/mol. The van der Waals surface area contributed by atoms with E-state index in [1.165, 1.54) is 26.4 Å². The normalized spacial score (nSPS) is 10.4. The summed E-state index contributed by atoms with van der Waals surface area (Å²) >= 11 is 0. The van der Waals surface area contributed by atoms with Crippen LogP contribution in [0, 0.1) is 5.82 Å². The largest absolute Gasteiger partial charge is 0.496 e. The van der Waals surface area contributed by atoms with Gasteiger partial charge < -0.3 is 14.8 Å². The molecule has 0 atom stereocenters. The predicted octanol–water partition coefficient (Wildman–Crippen LogP) is 3.49. The first kappa shape index (κ1) is 16.5. The molecule has 1 heterocycles. The Morgan fingerprint density at radius 1 is 1.08 bits per heavy atom. The van der Waals surface area contributed by atoms with E-state index in [0.29, 0.717) is 28.6 Å². The van der Waals surface area contributed by atoms with Crippen molar-refractivity contribution >= 4 is 11.7 Å². The van der Waals surface area contributed by atoms with Crippen LogP contribution in [0.1, 0.15) is 10.4 Å². The number of hydrogen-bond acceptors (Lipinski definition) is 4. The fraction of sp³-hybridized carbons (Fsp3) is 0.111. The van der Waals surface area contributed by atoms with E-state index in [2.05, 4.69) is 15.5 Å². The van der Waals surface area contributed by atoms with Gasteiger partial charge in [0, 0.05) is 11.6 Å². The quantitative estimate of drug-likeness (QED) is 0.745. The number of rotatable bonds is 5. The zero-order valence-corrected chi connectivity index (χ0v) is 13.7. The van der Waals surface area contributed by atoms with Crippen molar-refractivity contribution < 1.29 is 18.7 Å². The molecule has 0 spiro atoms. The Hall–Kier alpha value is -3.35. The summed E-state index contributed by atoms with van der Waals surface area (Å²) in [5, 5.41) is 9.48. The summed E-state index contributed by atoms with van der Waals surface area (Å²) in [5.41, 5.74) is 1.48. The first-order chi connectivity index (χ1) is 12.1. The van der Waals surface area contributed by atoms with Gasteiger partial charge in [0.25, 0.3) is 5.91 Å². The van der Waals surface area contributed by atoms with Crippen LogP contribution >= 0.6 is 0 Å². The molecule has 0 bridgehead atoms. The number of nitrogens with zero attached hydrogens (tertiary/aromatic N) is 1. The van der Waals surface area contributed by atoms with Gasteiger partial charge in [-0.15, -0.1) is 0 Å². The number of amides is 1. The van der Waals surface area contributed by atoms with E-state index >= 15 is 0 Å². The number of nitrogens with one attached hydrogen (secondary N) is 2. The highest BCUT2D eigenvalue weighted by atomic mass is 19.1. The minimum atomic E-state index is -0.424. The molecular formula is C18H16FN3O3. The highest BCUT2D eigenvalue weighted by molar-refractivity contribution is 6.08. The average molecular weight is 341 g/mol. The van der Waals surface area contributed by atoms with Crippen molar-refractivity contribution in [2.45, 2.75) is 0 Å². The number of carbonyl (C=O) groups excluding carboxylic acids is 1. The molecule has 0 saturated heterocycles. The molecule has 0 aliphatic rings. The molecule has 2 aromatic carbocycles. The van der Waals surface area contributed by atoms with E-state index < -0.39 is 5.91 Å². The van der Waals surface area contributed by atoms with Crippen LogP contribution < -0.4 is 14.8 Å². The molecule has 0 radical (unpaired) electrons. The fourth-order valence-electron chi connectivity index (χ4n) is 2.44. The summed E-state index contributed by atoms with van der Waals surface area (Å²) in [6, 6.07) is 12.8. The molecule has 3 aromatic rings. The summed E-state index contributed by atoms with van der Waals surface area (Å²) in [6.07, 6.45) is 0. The third-order valence-electron chi connectivity index (χ3n) is 3.61. The van der Waals surface area contributed by atoms with Gasteiger partial charge in [0.2, 0.25) is 0 Å². The number of halogens is 1. The molecular weight excluding hydrogens is 325 g/mol. The lowest BCUT2D eigenvalue weighted by Crippen LogP contribution is -2.14. The molecule has 0 aliphatic heterocycles. The van der Waals surface area contributed by atoms with Crippen LogP contribution in [0.2, 0.25) is 0 Å². The molecule has 128 valence electrons. The second-order valence-corrected chi connectivity index (χ2v) is 5.17. The summed E-state index contributed by atoms with van der Waals surface area (Å²) < 4.78 is 23.8. The Morgan fingerprint density at radius 3 is 2.40 bits per heavy atom. The van der Waals surface area contributed by atoms with Crippen molar-refractivity contribution in [2.24, 2.45) is 0 Å². The van der Waals surface area contributed by atoms with Gasteiger partial charge in [0.1, 0.15) is 22.9 Å².